The van der Waals surface area contributed by atoms with Crippen molar-refractivity contribution in [3.05, 3.63) is 0 Å². The molecule has 0 aromatic heterocycles. The summed E-state index contributed by atoms with van der Waals surface area (Å²) < 4.78 is 0. The fourth-order valence-electron chi connectivity index (χ4n) is 0.722. The predicted octanol–water partition coefficient (Wildman–Crippen LogP) is 1.72. The molecule has 56 valence electrons. The molecule has 1 fully saturated rings. The number of hydrogen-bond acceptors (Lipinski definition) is 2. The van der Waals surface area contributed by atoms with Crippen molar-refractivity contribution < 1.29 is 4.84 Å². The first-order valence-electron chi connectivity index (χ1n) is 3.78. The Hall–Kier alpha value is -0.0800. The van der Waals surface area contributed by atoms with Crippen molar-refractivity contribution in [2.75, 3.05) is 6.54 Å². The summed E-state index contributed by atoms with van der Waals surface area (Å²) in [5.74, 6) is 0. The molecule has 9 heavy (non-hydrogen) atoms. The lowest BCUT2D eigenvalue weighted by molar-refractivity contribution is -0.0448. The summed E-state index contributed by atoms with van der Waals surface area (Å²) in [7, 11) is 0. The SMILES string of the molecule is CC.CC1CCCNO1. The van der Waals surface area contributed by atoms with Gasteiger partial charge in [0.1, 0.15) is 0 Å². The number of rotatable bonds is 0. The van der Waals surface area contributed by atoms with Gasteiger partial charge in [0.15, 0.2) is 0 Å². The van der Waals surface area contributed by atoms with Crippen LogP contribution >= 0.6 is 0 Å². The molecule has 0 saturated carbocycles. The minimum atomic E-state index is 0.425. The Balaban J connectivity index is 0.000000291. The first-order chi connectivity index (χ1) is 4.39. The average molecular weight is 131 g/mol. The molecular formula is C7H17NO. The summed E-state index contributed by atoms with van der Waals surface area (Å²) in [6.45, 7) is 7.09. The smallest absolute Gasteiger partial charge is 0.0762 e. The second kappa shape index (κ2) is 6.05. The highest BCUT2D eigenvalue weighted by atomic mass is 16.7. The van der Waals surface area contributed by atoms with Crippen molar-refractivity contribution in [2.45, 2.75) is 39.7 Å². The van der Waals surface area contributed by atoms with Gasteiger partial charge in [-0.3, -0.25) is 4.84 Å². The van der Waals surface area contributed by atoms with Crippen molar-refractivity contribution in [1.82, 2.24) is 5.48 Å². The van der Waals surface area contributed by atoms with Crippen LogP contribution in [0.2, 0.25) is 0 Å². The van der Waals surface area contributed by atoms with E-state index in [1.807, 2.05) is 13.8 Å². The van der Waals surface area contributed by atoms with Gasteiger partial charge >= 0.3 is 0 Å². The quantitative estimate of drug-likeness (QED) is 0.540. The first-order valence-corrected chi connectivity index (χ1v) is 3.78. The van der Waals surface area contributed by atoms with Gasteiger partial charge in [0, 0.05) is 6.54 Å². The molecule has 2 nitrogen and oxygen atoms in total. The summed E-state index contributed by atoms with van der Waals surface area (Å²) in [5, 5.41) is 0. The maximum absolute atomic E-state index is 5.03. The lowest BCUT2D eigenvalue weighted by atomic mass is 10.2. The highest BCUT2D eigenvalue weighted by molar-refractivity contribution is 4.54. The number of nitrogens with one attached hydrogen (secondary N) is 1. The molecule has 0 aliphatic carbocycles. The second-order valence-corrected chi connectivity index (χ2v) is 1.97. The Kier molecular flexibility index (Phi) is 5.99. The van der Waals surface area contributed by atoms with Crippen LogP contribution in [0.4, 0.5) is 0 Å². The minimum absolute atomic E-state index is 0.425. The first kappa shape index (κ1) is 8.92. The van der Waals surface area contributed by atoms with E-state index in [9.17, 15) is 0 Å². The zero-order valence-corrected chi connectivity index (χ0v) is 6.61. The summed E-state index contributed by atoms with van der Waals surface area (Å²) in [4.78, 5) is 5.03. The van der Waals surface area contributed by atoms with E-state index in [-0.39, 0.29) is 0 Å². The van der Waals surface area contributed by atoms with Crippen LogP contribution in [0, 0.1) is 0 Å². The number of hydrogen-bond donors (Lipinski definition) is 1. The zero-order valence-electron chi connectivity index (χ0n) is 6.61. The van der Waals surface area contributed by atoms with E-state index in [0.717, 1.165) is 6.54 Å². The standard InChI is InChI=1S/C5H11NO.C2H6/c1-5-3-2-4-6-7-5;1-2/h5-6H,2-4H2,1H3;1-2H3. The Morgan fingerprint density at radius 1 is 1.44 bits per heavy atom. The molecule has 0 amide bonds. The fourth-order valence-corrected chi connectivity index (χ4v) is 0.722. The third-order valence-corrected chi connectivity index (χ3v) is 1.17. The Labute approximate surface area is 57.5 Å². The third-order valence-electron chi connectivity index (χ3n) is 1.17. The second-order valence-electron chi connectivity index (χ2n) is 1.97. The van der Waals surface area contributed by atoms with E-state index < -0.39 is 0 Å². The lowest BCUT2D eigenvalue weighted by Gasteiger charge is -2.17. The van der Waals surface area contributed by atoms with Crippen LogP contribution in [-0.4, -0.2) is 12.6 Å². The van der Waals surface area contributed by atoms with Crippen LogP contribution in [0.1, 0.15) is 33.6 Å². The van der Waals surface area contributed by atoms with Gasteiger partial charge in [-0.25, -0.2) is 5.48 Å². The van der Waals surface area contributed by atoms with E-state index >= 15 is 0 Å². The monoisotopic (exact) mass is 131 g/mol. The molecule has 1 rings (SSSR count). The molecule has 1 N–H and O–H groups in total. The van der Waals surface area contributed by atoms with E-state index in [1.54, 1.807) is 0 Å². The van der Waals surface area contributed by atoms with E-state index in [1.165, 1.54) is 12.8 Å². The van der Waals surface area contributed by atoms with Gasteiger partial charge in [-0.15, -0.1) is 0 Å². The van der Waals surface area contributed by atoms with Crippen molar-refractivity contribution in [3.8, 4) is 0 Å². The molecule has 1 aliphatic rings. The number of hydroxylamine groups is 1. The van der Waals surface area contributed by atoms with Gasteiger partial charge in [0.2, 0.25) is 0 Å². The average Bonchev–Trinajstić information content (AvgIpc) is 1.94. The molecule has 1 heterocycles. The van der Waals surface area contributed by atoms with Crippen molar-refractivity contribution in [2.24, 2.45) is 0 Å². The maximum Gasteiger partial charge on any atom is 0.0762 e. The third kappa shape index (κ3) is 4.43. The van der Waals surface area contributed by atoms with Crippen LogP contribution < -0.4 is 5.48 Å². The lowest BCUT2D eigenvalue weighted by Crippen LogP contribution is -2.28. The van der Waals surface area contributed by atoms with Crippen molar-refractivity contribution >= 4 is 0 Å². The summed E-state index contributed by atoms with van der Waals surface area (Å²) >= 11 is 0. The summed E-state index contributed by atoms with van der Waals surface area (Å²) in [6.07, 6.45) is 2.88. The molecule has 2 heteroatoms. The van der Waals surface area contributed by atoms with Gasteiger partial charge < -0.3 is 0 Å². The Morgan fingerprint density at radius 3 is 2.33 bits per heavy atom. The molecule has 1 saturated heterocycles. The largest absolute Gasteiger partial charge is 0.299 e. The van der Waals surface area contributed by atoms with Crippen LogP contribution in [0.25, 0.3) is 0 Å². The molecule has 1 unspecified atom stereocenters. The summed E-state index contributed by atoms with van der Waals surface area (Å²) in [6, 6.07) is 0. The summed E-state index contributed by atoms with van der Waals surface area (Å²) in [5.41, 5.74) is 2.83. The zero-order chi connectivity index (χ0) is 7.11. The Bertz CT molecular complexity index is 50.9. The van der Waals surface area contributed by atoms with Crippen LogP contribution in [0.15, 0.2) is 0 Å². The van der Waals surface area contributed by atoms with Crippen molar-refractivity contribution in [3.63, 3.8) is 0 Å². The van der Waals surface area contributed by atoms with E-state index in [4.69, 9.17) is 4.84 Å². The normalized spacial score (nSPS) is 26.3. The maximum atomic E-state index is 5.03. The van der Waals surface area contributed by atoms with Gasteiger partial charge in [-0.1, -0.05) is 13.8 Å². The van der Waals surface area contributed by atoms with Crippen LogP contribution in [0.5, 0.6) is 0 Å². The molecule has 0 spiro atoms. The van der Waals surface area contributed by atoms with Crippen LogP contribution in [-0.2, 0) is 4.84 Å². The molecule has 0 radical (unpaired) electrons. The fraction of sp³-hybridized carbons (Fsp3) is 1.00. The highest BCUT2D eigenvalue weighted by Gasteiger charge is 2.05. The van der Waals surface area contributed by atoms with Crippen molar-refractivity contribution in [1.29, 1.82) is 0 Å². The molecule has 0 aromatic carbocycles. The Morgan fingerprint density at radius 2 is 2.11 bits per heavy atom. The van der Waals surface area contributed by atoms with E-state index in [0.29, 0.717) is 6.10 Å². The highest BCUT2D eigenvalue weighted by Crippen LogP contribution is 2.02. The molecule has 1 atom stereocenters. The molecule has 0 bridgehead atoms. The minimum Gasteiger partial charge on any atom is -0.299 e. The molecule has 1 aliphatic heterocycles. The molecular weight excluding hydrogens is 114 g/mol. The van der Waals surface area contributed by atoms with Gasteiger partial charge in [-0.2, -0.15) is 0 Å². The topological polar surface area (TPSA) is 21.3 Å². The van der Waals surface area contributed by atoms with Gasteiger partial charge in [0.05, 0.1) is 6.10 Å². The van der Waals surface area contributed by atoms with Gasteiger partial charge in [0.25, 0.3) is 0 Å². The van der Waals surface area contributed by atoms with E-state index in [2.05, 4.69) is 12.4 Å². The van der Waals surface area contributed by atoms with Crippen LogP contribution in [0.3, 0.4) is 0 Å². The van der Waals surface area contributed by atoms with Gasteiger partial charge in [-0.05, 0) is 19.8 Å². The predicted molar refractivity (Wildman–Crippen MR) is 39.1 cm³/mol. The molecule has 0 aromatic rings.